The van der Waals surface area contributed by atoms with Crippen LogP contribution < -0.4 is 0 Å². The van der Waals surface area contributed by atoms with Crippen molar-refractivity contribution in [2.24, 2.45) is 0 Å². The monoisotopic (exact) mass is 358 g/mol. The molecule has 1 atom stereocenters. The minimum atomic E-state index is -1.74. The van der Waals surface area contributed by atoms with Gasteiger partial charge < -0.3 is 14.9 Å². The summed E-state index contributed by atoms with van der Waals surface area (Å²) in [7, 11) is 0. The highest BCUT2D eigenvalue weighted by molar-refractivity contribution is 5.69. The van der Waals surface area contributed by atoms with Crippen LogP contribution in [0.5, 0.6) is 0 Å². The van der Waals surface area contributed by atoms with E-state index in [-0.39, 0.29) is 0 Å². The van der Waals surface area contributed by atoms with E-state index in [4.69, 9.17) is 9.84 Å². The van der Waals surface area contributed by atoms with Crippen molar-refractivity contribution < 1.29 is 19.7 Å². The van der Waals surface area contributed by atoms with Crippen molar-refractivity contribution in [2.45, 2.75) is 122 Å². The number of rotatable bonds is 18. The summed E-state index contributed by atoms with van der Waals surface area (Å²) in [5, 5.41) is 18.2. The van der Waals surface area contributed by atoms with E-state index in [9.17, 15) is 9.90 Å². The van der Waals surface area contributed by atoms with Crippen LogP contribution in [0.15, 0.2) is 0 Å². The van der Waals surface area contributed by atoms with Gasteiger partial charge in [0.1, 0.15) is 6.61 Å². The molecule has 0 fully saturated rings. The summed E-state index contributed by atoms with van der Waals surface area (Å²) >= 11 is 0. The average Bonchev–Trinajstić information content (AvgIpc) is 2.58. The molecule has 0 saturated heterocycles. The van der Waals surface area contributed by atoms with Gasteiger partial charge in [0.05, 0.1) is 0 Å². The van der Waals surface area contributed by atoms with Crippen molar-refractivity contribution in [3.8, 4) is 0 Å². The van der Waals surface area contributed by atoms with E-state index < -0.39 is 18.4 Å². The van der Waals surface area contributed by atoms with E-state index >= 15 is 0 Å². The lowest BCUT2D eigenvalue weighted by Crippen LogP contribution is -2.35. The number of aliphatic hydroxyl groups is 2. The molecule has 0 aliphatic rings. The standard InChI is InChI=1S/C21H42O4/c1-3-4-5-6-7-8-9-10-11-12-13-14-15-16-17-18-20(23)25-21(2,24)19-22/h22,24H,3-19H2,1-2H3. The highest BCUT2D eigenvalue weighted by atomic mass is 16.7. The predicted octanol–water partition coefficient (Wildman–Crippen LogP) is 5.49. The Bertz CT molecular complexity index is 302. The minimum absolute atomic E-state index is 0.314. The number of ether oxygens (including phenoxy) is 1. The highest BCUT2D eigenvalue weighted by Gasteiger charge is 2.23. The Kier molecular flexibility index (Phi) is 16.4. The van der Waals surface area contributed by atoms with Gasteiger partial charge in [0.15, 0.2) is 0 Å². The van der Waals surface area contributed by atoms with Gasteiger partial charge in [0.2, 0.25) is 5.79 Å². The van der Waals surface area contributed by atoms with Crippen molar-refractivity contribution >= 4 is 5.97 Å². The molecular formula is C21H42O4. The molecule has 0 aromatic carbocycles. The first-order chi connectivity index (χ1) is 12.0. The van der Waals surface area contributed by atoms with Crippen LogP contribution in [-0.4, -0.2) is 28.6 Å². The maximum Gasteiger partial charge on any atom is 0.308 e. The van der Waals surface area contributed by atoms with Crippen molar-refractivity contribution in [1.82, 2.24) is 0 Å². The topological polar surface area (TPSA) is 66.8 Å². The lowest BCUT2D eigenvalue weighted by Gasteiger charge is -2.20. The average molecular weight is 359 g/mol. The number of carbonyl (C=O) groups excluding carboxylic acids is 1. The molecule has 0 saturated carbocycles. The molecule has 4 nitrogen and oxygen atoms in total. The molecule has 0 rings (SSSR count). The van der Waals surface area contributed by atoms with Gasteiger partial charge in [-0.15, -0.1) is 0 Å². The fourth-order valence-electron chi connectivity index (χ4n) is 2.97. The van der Waals surface area contributed by atoms with Crippen LogP contribution in [0, 0.1) is 0 Å². The van der Waals surface area contributed by atoms with Crippen molar-refractivity contribution in [3.05, 3.63) is 0 Å². The van der Waals surface area contributed by atoms with Gasteiger partial charge in [-0.05, 0) is 6.42 Å². The van der Waals surface area contributed by atoms with Crippen LogP contribution in [0.25, 0.3) is 0 Å². The van der Waals surface area contributed by atoms with Crippen molar-refractivity contribution in [3.63, 3.8) is 0 Å². The summed E-state index contributed by atoms with van der Waals surface area (Å²) in [4.78, 5) is 11.5. The van der Waals surface area contributed by atoms with Crippen LogP contribution in [0.1, 0.15) is 117 Å². The molecule has 0 spiro atoms. The Labute approximate surface area is 155 Å². The van der Waals surface area contributed by atoms with Gasteiger partial charge >= 0.3 is 5.97 Å². The van der Waals surface area contributed by atoms with Crippen LogP contribution in [0.3, 0.4) is 0 Å². The molecule has 0 heterocycles. The molecule has 4 heteroatoms. The third-order valence-corrected chi connectivity index (χ3v) is 4.61. The zero-order valence-corrected chi connectivity index (χ0v) is 16.7. The number of aliphatic hydroxyl groups excluding tert-OH is 1. The molecule has 0 amide bonds. The van der Waals surface area contributed by atoms with Gasteiger partial charge in [0.25, 0.3) is 0 Å². The molecule has 25 heavy (non-hydrogen) atoms. The van der Waals surface area contributed by atoms with Gasteiger partial charge in [0, 0.05) is 13.3 Å². The number of hydrogen-bond donors (Lipinski definition) is 2. The van der Waals surface area contributed by atoms with Crippen molar-refractivity contribution in [1.29, 1.82) is 0 Å². The van der Waals surface area contributed by atoms with Gasteiger partial charge in [-0.25, -0.2) is 0 Å². The molecule has 2 N–H and O–H groups in total. The van der Waals surface area contributed by atoms with E-state index in [1.165, 1.54) is 84.0 Å². The quantitative estimate of drug-likeness (QED) is 0.193. The Morgan fingerprint density at radius 2 is 1.12 bits per heavy atom. The van der Waals surface area contributed by atoms with Crippen LogP contribution in [0.2, 0.25) is 0 Å². The first-order valence-corrected chi connectivity index (χ1v) is 10.6. The van der Waals surface area contributed by atoms with E-state index in [0.717, 1.165) is 19.3 Å². The molecule has 0 aromatic rings. The Balaban J connectivity index is 3.20. The Hall–Kier alpha value is -0.610. The Morgan fingerprint density at radius 3 is 1.48 bits per heavy atom. The molecule has 0 aliphatic carbocycles. The zero-order valence-electron chi connectivity index (χ0n) is 16.7. The van der Waals surface area contributed by atoms with Crippen molar-refractivity contribution in [2.75, 3.05) is 6.61 Å². The number of unbranched alkanes of at least 4 members (excludes halogenated alkanes) is 14. The SMILES string of the molecule is CCCCCCCCCCCCCCCCCC(=O)OC(C)(O)CO. The maximum absolute atomic E-state index is 11.5. The largest absolute Gasteiger partial charge is 0.431 e. The third-order valence-electron chi connectivity index (χ3n) is 4.61. The fraction of sp³-hybridized carbons (Fsp3) is 0.952. The molecule has 1 unspecified atom stereocenters. The van der Waals surface area contributed by atoms with E-state index in [2.05, 4.69) is 6.92 Å². The first-order valence-electron chi connectivity index (χ1n) is 10.6. The summed E-state index contributed by atoms with van der Waals surface area (Å²) in [6.07, 6.45) is 19.6. The number of hydrogen-bond acceptors (Lipinski definition) is 4. The number of carbonyl (C=O) groups is 1. The molecular weight excluding hydrogens is 316 g/mol. The second-order valence-electron chi connectivity index (χ2n) is 7.51. The molecule has 0 bridgehead atoms. The van der Waals surface area contributed by atoms with Crippen LogP contribution in [0.4, 0.5) is 0 Å². The number of esters is 1. The second kappa shape index (κ2) is 16.8. The molecule has 0 aliphatic heterocycles. The zero-order chi connectivity index (χ0) is 18.8. The minimum Gasteiger partial charge on any atom is -0.431 e. The summed E-state index contributed by atoms with van der Waals surface area (Å²) in [5.74, 6) is -2.18. The predicted molar refractivity (Wildman–Crippen MR) is 103 cm³/mol. The van der Waals surface area contributed by atoms with Gasteiger partial charge in [-0.2, -0.15) is 0 Å². The van der Waals surface area contributed by atoms with E-state index in [1.54, 1.807) is 0 Å². The van der Waals surface area contributed by atoms with Gasteiger partial charge in [-0.3, -0.25) is 4.79 Å². The smallest absolute Gasteiger partial charge is 0.308 e. The molecule has 0 radical (unpaired) electrons. The second-order valence-corrected chi connectivity index (χ2v) is 7.51. The molecule has 0 aromatic heterocycles. The van der Waals surface area contributed by atoms with E-state index in [1.807, 2.05) is 0 Å². The lowest BCUT2D eigenvalue weighted by molar-refractivity contribution is -0.214. The third kappa shape index (κ3) is 18.0. The maximum atomic E-state index is 11.5. The van der Waals surface area contributed by atoms with E-state index in [0.29, 0.717) is 6.42 Å². The molecule has 150 valence electrons. The van der Waals surface area contributed by atoms with Crippen LogP contribution in [-0.2, 0) is 9.53 Å². The Morgan fingerprint density at radius 1 is 0.760 bits per heavy atom. The summed E-state index contributed by atoms with van der Waals surface area (Å²) in [6.45, 7) is 2.98. The summed E-state index contributed by atoms with van der Waals surface area (Å²) in [5.41, 5.74) is 0. The van der Waals surface area contributed by atoms with Gasteiger partial charge in [-0.1, -0.05) is 96.8 Å². The highest BCUT2D eigenvalue weighted by Crippen LogP contribution is 2.14. The lowest BCUT2D eigenvalue weighted by atomic mass is 10.0. The summed E-state index contributed by atoms with van der Waals surface area (Å²) < 4.78 is 4.77. The van der Waals surface area contributed by atoms with Crippen LogP contribution >= 0.6 is 0 Å². The first kappa shape index (κ1) is 24.4. The fourth-order valence-corrected chi connectivity index (χ4v) is 2.97. The summed E-state index contributed by atoms with van der Waals surface area (Å²) in [6, 6.07) is 0. The normalized spacial score (nSPS) is 13.6.